The lowest BCUT2D eigenvalue weighted by Crippen LogP contribution is -2.14. The molecule has 0 saturated heterocycles. The van der Waals surface area contributed by atoms with Crippen LogP contribution in [0.25, 0.3) is 11.1 Å². The fourth-order valence-corrected chi connectivity index (χ4v) is 4.10. The molecular formula is C21H17N3O7S. The Kier molecular flexibility index (Phi) is 6.59. The maximum absolute atomic E-state index is 12.7. The number of benzene rings is 2. The number of nitrogens with zero attached hydrogens (tertiary/aromatic N) is 2. The minimum Gasteiger partial charge on any atom is -0.462 e. The highest BCUT2D eigenvalue weighted by Crippen LogP contribution is 2.41. The number of nitrogens with one attached hydrogen (secondary N) is 1. The highest BCUT2D eigenvalue weighted by atomic mass is 32.1. The normalized spacial score (nSPS) is 10.4. The van der Waals surface area contributed by atoms with Crippen LogP contribution in [0.2, 0.25) is 0 Å². The van der Waals surface area contributed by atoms with Gasteiger partial charge in [-0.1, -0.05) is 0 Å². The van der Waals surface area contributed by atoms with Crippen LogP contribution in [0.1, 0.15) is 32.5 Å². The Morgan fingerprint density at radius 3 is 2.00 bits per heavy atom. The molecular weight excluding hydrogens is 438 g/mol. The molecule has 1 aromatic heterocycles. The number of hydrogen-bond acceptors (Lipinski definition) is 8. The summed E-state index contributed by atoms with van der Waals surface area (Å²) in [5, 5.41) is 24.7. The first-order valence-corrected chi connectivity index (χ1v) is 10.2. The maximum Gasteiger partial charge on any atom is 0.341 e. The van der Waals surface area contributed by atoms with Gasteiger partial charge in [-0.05, 0) is 43.7 Å². The number of aryl methyl sites for hydroxylation is 1. The van der Waals surface area contributed by atoms with Gasteiger partial charge in [0.25, 0.3) is 17.3 Å². The van der Waals surface area contributed by atoms with E-state index in [2.05, 4.69) is 5.32 Å². The third kappa shape index (κ3) is 4.62. The minimum absolute atomic E-state index is 0.0917. The molecule has 11 heteroatoms. The summed E-state index contributed by atoms with van der Waals surface area (Å²) in [6.07, 6.45) is 0. The summed E-state index contributed by atoms with van der Waals surface area (Å²) in [7, 11) is 0. The number of nitro benzene ring substituents is 2. The zero-order valence-corrected chi connectivity index (χ0v) is 17.8. The van der Waals surface area contributed by atoms with E-state index in [1.165, 1.54) is 48.5 Å². The molecule has 0 aliphatic heterocycles. The van der Waals surface area contributed by atoms with Gasteiger partial charge in [-0.25, -0.2) is 4.79 Å². The van der Waals surface area contributed by atoms with Crippen molar-refractivity contribution in [3.05, 3.63) is 84.8 Å². The van der Waals surface area contributed by atoms with Crippen molar-refractivity contribution in [1.82, 2.24) is 0 Å². The van der Waals surface area contributed by atoms with Crippen molar-refractivity contribution in [3.8, 4) is 11.1 Å². The molecule has 32 heavy (non-hydrogen) atoms. The van der Waals surface area contributed by atoms with E-state index in [1.807, 2.05) is 0 Å². The number of rotatable bonds is 7. The van der Waals surface area contributed by atoms with Gasteiger partial charge in [-0.2, -0.15) is 0 Å². The van der Waals surface area contributed by atoms with Crippen molar-refractivity contribution in [2.24, 2.45) is 0 Å². The topological polar surface area (TPSA) is 142 Å². The first kappa shape index (κ1) is 22.6. The summed E-state index contributed by atoms with van der Waals surface area (Å²) in [6, 6.07) is 10.8. The van der Waals surface area contributed by atoms with Gasteiger partial charge in [-0.3, -0.25) is 25.0 Å². The van der Waals surface area contributed by atoms with Gasteiger partial charge in [0.2, 0.25) is 0 Å². The van der Waals surface area contributed by atoms with Crippen LogP contribution < -0.4 is 5.32 Å². The zero-order chi connectivity index (χ0) is 23.4. The number of hydrogen-bond donors (Lipinski definition) is 1. The van der Waals surface area contributed by atoms with Crippen LogP contribution in [0.15, 0.2) is 48.5 Å². The molecule has 0 saturated carbocycles. The fourth-order valence-electron chi connectivity index (χ4n) is 3.04. The SMILES string of the molecule is CCOC(=O)c1c(NC(=O)c2ccc([N+](=O)[O-])cc2)sc(C)c1-c1ccc([N+](=O)[O-])cc1. The number of amides is 1. The molecule has 0 aliphatic carbocycles. The molecule has 1 N–H and O–H groups in total. The predicted molar refractivity (Wildman–Crippen MR) is 118 cm³/mol. The molecule has 10 nitrogen and oxygen atoms in total. The molecule has 0 fully saturated rings. The number of anilines is 1. The number of thiophene rings is 1. The Balaban J connectivity index is 2.01. The van der Waals surface area contributed by atoms with E-state index >= 15 is 0 Å². The molecule has 1 heterocycles. The van der Waals surface area contributed by atoms with Crippen LogP contribution in [-0.4, -0.2) is 28.3 Å². The highest BCUT2D eigenvalue weighted by molar-refractivity contribution is 7.17. The maximum atomic E-state index is 12.7. The van der Waals surface area contributed by atoms with Crippen LogP contribution >= 0.6 is 11.3 Å². The van der Waals surface area contributed by atoms with E-state index in [1.54, 1.807) is 13.8 Å². The van der Waals surface area contributed by atoms with Crippen molar-refractivity contribution in [3.63, 3.8) is 0 Å². The Morgan fingerprint density at radius 1 is 0.969 bits per heavy atom. The molecule has 0 spiro atoms. The largest absolute Gasteiger partial charge is 0.462 e. The van der Waals surface area contributed by atoms with Gasteiger partial charge in [-0.15, -0.1) is 11.3 Å². The van der Waals surface area contributed by atoms with Crippen molar-refractivity contribution in [2.75, 3.05) is 11.9 Å². The first-order chi connectivity index (χ1) is 15.2. The Hall–Kier alpha value is -4.12. The molecule has 0 atom stereocenters. The van der Waals surface area contributed by atoms with Gasteiger partial charge in [0.05, 0.1) is 16.5 Å². The van der Waals surface area contributed by atoms with E-state index in [0.29, 0.717) is 16.0 Å². The summed E-state index contributed by atoms with van der Waals surface area (Å²) in [5.41, 5.74) is 1.13. The van der Waals surface area contributed by atoms with Crippen LogP contribution in [0.4, 0.5) is 16.4 Å². The Labute approximate surface area is 185 Å². The molecule has 0 bridgehead atoms. The lowest BCUT2D eigenvalue weighted by Gasteiger charge is -2.09. The average molecular weight is 455 g/mol. The van der Waals surface area contributed by atoms with E-state index in [0.717, 1.165) is 11.3 Å². The zero-order valence-electron chi connectivity index (χ0n) is 17.0. The van der Waals surface area contributed by atoms with Crippen molar-refractivity contribution >= 4 is 39.6 Å². The average Bonchev–Trinajstić information content (AvgIpc) is 3.09. The number of esters is 1. The Morgan fingerprint density at radius 2 is 1.50 bits per heavy atom. The summed E-state index contributed by atoms with van der Waals surface area (Å²) in [6.45, 7) is 3.52. The van der Waals surface area contributed by atoms with Crippen LogP contribution in [0.3, 0.4) is 0 Å². The quantitative estimate of drug-likeness (QED) is 0.301. The molecule has 3 aromatic rings. The molecule has 3 rings (SSSR count). The van der Waals surface area contributed by atoms with E-state index in [9.17, 15) is 29.8 Å². The number of ether oxygens (including phenoxy) is 1. The summed E-state index contributed by atoms with van der Waals surface area (Å²) < 4.78 is 5.17. The molecule has 0 unspecified atom stereocenters. The fraction of sp³-hybridized carbons (Fsp3) is 0.143. The third-order valence-electron chi connectivity index (χ3n) is 4.50. The second kappa shape index (κ2) is 9.35. The standard InChI is InChI=1S/C21H17N3O7S/c1-3-31-21(26)18-17(13-4-8-15(9-5-13)23(27)28)12(2)32-20(18)22-19(25)14-6-10-16(11-7-14)24(29)30/h4-11H,3H2,1-2H3,(H,22,25). The lowest BCUT2D eigenvalue weighted by molar-refractivity contribution is -0.385. The first-order valence-electron chi connectivity index (χ1n) is 9.34. The molecule has 0 radical (unpaired) electrons. The van der Waals surface area contributed by atoms with Crippen molar-refractivity contribution < 1.29 is 24.2 Å². The van der Waals surface area contributed by atoms with Gasteiger partial charge in [0, 0.05) is 40.3 Å². The van der Waals surface area contributed by atoms with Gasteiger partial charge in [0.1, 0.15) is 10.6 Å². The van der Waals surface area contributed by atoms with Crippen LogP contribution in [-0.2, 0) is 4.74 Å². The molecule has 2 aromatic carbocycles. The number of non-ortho nitro benzene ring substituents is 2. The molecule has 0 aliphatic rings. The second-order valence-electron chi connectivity index (χ2n) is 6.52. The smallest absolute Gasteiger partial charge is 0.341 e. The lowest BCUT2D eigenvalue weighted by atomic mass is 10.0. The van der Waals surface area contributed by atoms with Gasteiger partial charge < -0.3 is 10.1 Å². The summed E-state index contributed by atoms with van der Waals surface area (Å²) >= 11 is 1.16. The predicted octanol–water partition coefficient (Wildman–Crippen LogP) is 4.97. The van der Waals surface area contributed by atoms with Crippen molar-refractivity contribution in [1.29, 1.82) is 0 Å². The number of nitro groups is 2. The monoisotopic (exact) mass is 455 g/mol. The highest BCUT2D eigenvalue weighted by Gasteiger charge is 2.26. The summed E-state index contributed by atoms with van der Waals surface area (Å²) in [5.74, 6) is -1.20. The third-order valence-corrected chi connectivity index (χ3v) is 5.52. The minimum atomic E-state index is -0.649. The van der Waals surface area contributed by atoms with E-state index in [4.69, 9.17) is 4.74 Å². The van der Waals surface area contributed by atoms with Gasteiger partial charge in [0.15, 0.2) is 0 Å². The Bertz CT molecular complexity index is 1200. The number of carbonyl (C=O) groups excluding carboxylic acids is 2. The van der Waals surface area contributed by atoms with E-state index in [-0.39, 0.29) is 34.1 Å². The summed E-state index contributed by atoms with van der Waals surface area (Å²) in [4.78, 5) is 46.8. The van der Waals surface area contributed by atoms with Crippen LogP contribution in [0, 0.1) is 27.2 Å². The molecule has 164 valence electrons. The second-order valence-corrected chi connectivity index (χ2v) is 7.74. The van der Waals surface area contributed by atoms with Crippen LogP contribution in [0.5, 0.6) is 0 Å². The van der Waals surface area contributed by atoms with E-state index < -0.39 is 21.7 Å². The number of carbonyl (C=O) groups is 2. The van der Waals surface area contributed by atoms with Crippen molar-refractivity contribution in [2.45, 2.75) is 13.8 Å². The molecule has 1 amide bonds. The van der Waals surface area contributed by atoms with Gasteiger partial charge >= 0.3 is 5.97 Å².